The number of ketones is 1. The van der Waals surface area contributed by atoms with Crippen LogP contribution in [0, 0.1) is 0 Å². The molecule has 1 aromatic carbocycles. The molecular formula is C24H24Cl2FNO3. The van der Waals surface area contributed by atoms with Gasteiger partial charge in [-0.15, -0.1) is 0 Å². The standard InChI is InChI=1S/C24H24Cl2FNO3/c25-16-3-4-17(19(26)14-16)22(9-12-30-13-10-22)6-5-20(29)24(27)8-7-23(15-31-23)21-18(24)2-1-11-28-21/h1-4,11,14H,5-10,12-13,15H2/t23-,24+/m1/s1. The number of benzene rings is 1. The first kappa shape index (κ1) is 21.3. The van der Waals surface area contributed by atoms with Crippen molar-refractivity contribution in [3.63, 3.8) is 0 Å². The number of fused-ring (bicyclic) bond motifs is 2. The molecule has 3 aliphatic rings. The fraction of sp³-hybridized carbons (Fsp3) is 0.500. The lowest BCUT2D eigenvalue weighted by atomic mass is 9.68. The highest BCUT2D eigenvalue weighted by Crippen LogP contribution is 2.54. The van der Waals surface area contributed by atoms with Crippen LogP contribution < -0.4 is 0 Å². The summed E-state index contributed by atoms with van der Waals surface area (Å²) < 4.78 is 27.4. The Bertz CT molecular complexity index is 1020. The van der Waals surface area contributed by atoms with Crippen LogP contribution in [0.4, 0.5) is 4.39 Å². The average molecular weight is 464 g/mol. The van der Waals surface area contributed by atoms with Crippen LogP contribution in [0.5, 0.6) is 0 Å². The molecule has 1 aliphatic carbocycles. The predicted octanol–water partition coefficient (Wildman–Crippen LogP) is 5.67. The molecule has 31 heavy (non-hydrogen) atoms. The van der Waals surface area contributed by atoms with Crippen molar-refractivity contribution < 1.29 is 18.7 Å². The van der Waals surface area contributed by atoms with Gasteiger partial charge in [-0.05, 0) is 55.9 Å². The number of aromatic nitrogens is 1. The van der Waals surface area contributed by atoms with Gasteiger partial charge in [-0.25, -0.2) is 4.39 Å². The van der Waals surface area contributed by atoms with E-state index in [9.17, 15) is 4.79 Å². The van der Waals surface area contributed by atoms with Crippen molar-refractivity contribution in [1.29, 1.82) is 0 Å². The zero-order valence-corrected chi connectivity index (χ0v) is 18.6. The molecule has 1 aromatic heterocycles. The zero-order chi connectivity index (χ0) is 21.7. The predicted molar refractivity (Wildman–Crippen MR) is 116 cm³/mol. The first-order valence-corrected chi connectivity index (χ1v) is 11.5. The number of alkyl halides is 1. The molecule has 2 saturated heterocycles. The minimum atomic E-state index is -2.03. The van der Waals surface area contributed by atoms with E-state index in [1.54, 1.807) is 24.4 Å². The Hall–Kier alpha value is -1.53. The maximum absolute atomic E-state index is 16.2. The van der Waals surface area contributed by atoms with Gasteiger partial charge < -0.3 is 9.47 Å². The molecule has 2 atom stereocenters. The lowest BCUT2D eigenvalue weighted by Crippen LogP contribution is -2.41. The Kier molecular flexibility index (Phi) is 5.37. The maximum atomic E-state index is 16.2. The first-order valence-electron chi connectivity index (χ1n) is 10.7. The van der Waals surface area contributed by atoms with E-state index in [1.165, 1.54) is 0 Å². The molecule has 5 rings (SSSR count). The summed E-state index contributed by atoms with van der Waals surface area (Å²) >= 11 is 12.6. The fourth-order valence-corrected chi connectivity index (χ4v) is 5.87. The lowest BCUT2D eigenvalue weighted by Gasteiger charge is -2.39. The molecule has 2 fully saturated rings. The molecule has 1 spiro atoms. The molecule has 7 heteroatoms. The smallest absolute Gasteiger partial charge is 0.195 e. The van der Waals surface area contributed by atoms with Crippen LogP contribution >= 0.6 is 23.2 Å². The molecular weight excluding hydrogens is 440 g/mol. The van der Waals surface area contributed by atoms with Gasteiger partial charge in [0.1, 0.15) is 5.60 Å². The van der Waals surface area contributed by atoms with Crippen LogP contribution in [0.25, 0.3) is 0 Å². The fourth-order valence-electron chi connectivity index (χ4n) is 5.26. The highest BCUT2D eigenvalue weighted by molar-refractivity contribution is 6.35. The minimum absolute atomic E-state index is 0.123. The second kappa shape index (κ2) is 7.80. The second-order valence-electron chi connectivity index (χ2n) is 8.92. The summed E-state index contributed by atoms with van der Waals surface area (Å²) in [6.07, 6.45) is 4.34. The van der Waals surface area contributed by atoms with Gasteiger partial charge in [0.15, 0.2) is 11.5 Å². The van der Waals surface area contributed by atoms with E-state index in [0.717, 1.165) is 18.4 Å². The number of rotatable bonds is 5. The zero-order valence-electron chi connectivity index (χ0n) is 17.1. The number of Topliss-reactive ketones (excluding diaryl/α,β-unsaturated/α-hetero) is 1. The quantitative estimate of drug-likeness (QED) is 0.535. The van der Waals surface area contributed by atoms with E-state index < -0.39 is 17.1 Å². The first-order chi connectivity index (χ1) is 14.9. The number of epoxide rings is 1. The van der Waals surface area contributed by atoms with Crippen molar-refractivity contribution in [3.8, 4) is 0 Å². The Labute approximate surface area is 191 Å². The molecule has 0 unspecified atom stereocenters. The van der Waals surface area contributed by atoms with Gasteiger partial charge in [0.05, 0.1) is 12.3 Å². The third kappa shape index (κ3) is 3.60. The molecule has 0 radical (unpaired) electrons. The third-order valence-corrected chi connectivity index (χ3v) is 7.81. The van der Waals surface area contributed by atoms with Crippen LogP contribution in [-0.2, 0) is 31.0 Å². The molecule has 0 bridgehead atoms. The van der Waals surface area contributed by atoms with Crippen molar-refractivity contribution in [2.45, 2.75) is 55.2 Å². The lowest BCUT2D eigenvalue weighted by molar-refractivity contribution is -0.133. The summed E-state index contributed by atoms with van der Waals surface area (Å²) in [5.41, 5.74) is -0.951. The summed E-state index contributed by atoms with van der Waals surface area (Å²) in [5.74, 6) is -0.395. The number of carbonyl (C=O) groups is 1. The number of pyridine rings is 1. The van der Waals surface area contributed by atoms with Gasteiger partial charge in [-0.2, -0.15) is 0 Å². The van der Waals surface area contributed by atoms with Crippen LogP contribution in [0.1, 0.15) is 55.3 Å². The Balaban J connectivity index is 1.42. The number of carbonyl (C=O) groups excluding carboxylic acids is 1. The summed E-state index contributed by atoms with van der Waals surface area (Å²) in [6.45, 7) is 1.71. The van der Waals surface area contributed by atoms with E-state index in [4.69, 9.17) is 32.7 Å². The van der Waals surface area contributed by atoms with Crippen molar-refractivity contribution >= 4 is 29.0 Å². The largest absolute Gasteiger partial charge is 0.381 e. The van der Waals surface area contributed by atoms with E-state index in [-0.39, 0.29) is 18.3 Å². The van der Waals surface area contributed by atoms with Crippen LogP contribution in [0.3, 0.4) is 0 Å². The van der Waals surface area contributed by atoms with Crippen molar-refractivity contribution in [3.05, 3.63) is 63.4 Å². The molecule has 4 nitrogen and oxygen atoms in total. The third-order valence-electron chi connectivity index (χ3n) is 7.26. The van der Waals surface area contributed by atoms with Gasteiger partial charge >= 0.3 is 0 Å². The Morgan fingerprint density at radius 2 is 1.87 bits per heavy atom. The number of halogens is 3. The van der Waals surface area contributed by atoms with E-state index >= 15 is 4.39 Å². The van der Waals surface area contributed by atoms with E-state index in [1.807, 2.05) is 12.1 Å². The van der Waals surface area contributed by atoms with Gasteiger partial charge in [-0.1, -0.05) is 35.3 Å². The molecule has 0 N–H and O–H groups in total. The van der Waals surface area contributed by atoms with E-state index in [0.29, 0.717) is 54.0 Å². The molecule has 2 aromatic rings. The van der Waals surface area contributed by atoms with Gasteiger partial charge in [0.25, 0.3) is 0 Å². The maximum Gasteiger partial charge on any atom is 0.195 e. The summed E-state index contributed by atoms with van der Waals surface area (Å²) in [7, 11) is 0. The number of hydrogen-bond donors (Lipinski definition) is 0. The summed E-state index contributed by atoms with van der Waals surface area (Å²) in [5, 5.41) is 1.15. The van der Waals surface area contributed by atoms with Gasteiger partial charge in [-0.3, -0.25) is 9.78 Å². The van der Waals surface area contributed by atoms with Gasteiger partial charge in [0, 0.05) is 46.9 Å². The molecule has 3 heterocycles. The van der Waals surface area contributed by atoms with Crippen LogP contribution in [0.2, 0.25) is 10.0 Å². The summed E-state index contributed by atoms with van der Waals surface area (Å²) in [4.78, 5) is 17.7. The topological polar surface area (TPSA) is 51.7 Å². The Morgan fingerprint density at radius 3 is 2.58 bits per heavy atom. The van der Waals surface area contributed by atoms with Crippen LogP contribution in [0.15, 0.2) is 36.5 Å². The van der Waals surface area contributed by atoms with Crippen molar-refractivity contribution in [2.24, 2.45) is 0 Å². The molecule has 0 amide bonds. The normalized spacial score (nSPS) is 28.9. The van der Waals surface area contributed by atoms with Crippen LogP contribution in [-0.4, -0.2) is 30.6 Å². The van der Waals surface area contributed by atoms with Crippen molar-refractivity contribution in [2.75, 3.05) is 19.8 Å². The Morgan fingerprint density at radius 1 is 1.10 bits per heavy atom. The highest BCUT2D eigenvalue weighted by Gasteiger charge is 2.58. The highest BCUT2D eigenvalue weighted by atomic mass is 35.5. The van der Waals surface area contributed by atoms with E-state index in [2.05, 4.69) is 4.98 Å². The number of nitrogens with zero attached hydrogens (tertiary/aromatic N) is 1. The SMILES string of the molecule is O=C(CCC1(c2ccc(Cl)cc2Cl)CCOCC1)[C@]1(F)CC[C@@]2(CO2)c2ncccc21. The van der Waals surface area contributed by atoms with Crippen molar-refractivity contribution in [1.82, 2.24) is 4.98 Å². The number of ether oxygens (including phenoxy) is 2. The average Bonchev–Trinajstić information content (AvgIpc) is 3.56. The number of hydrogen-bond acceptors (Lipinski definition) is 4. The minimum Gasteiger partial charge on any atom is -0.381 e. The molecule has 2 aliphatic heterocycles. The molecule has 0 saturated carbocycles. The van der Waals surface area contributed by atoms with Gasteiger partial charge in [0.2, 0.25) is 0 Å². The summed E-state index contributed by atoms with van der Waals surface area (Å²) in [6, 6.07) is 8.85. The second-order valence-corrected chi connectivity index (χ2v) is 9.77. The monoisotopic (exact) mass is 463 g/mol. The molecule has 164 valence electrons.